The first-order valence-corrected chi connectivity index (χ1v) is 8.94. The van der Waals surface area contributed by atoms with Crippen LogP contribution in [0.15, 0.2) is 42.5 Å². The van der Waals surface area contributed by atoms with Crippen molar-refractivity contribution >= 4 is 0 Å². The molecule has 0 amide bonds. The lowest BCUT2D eigenvalue weighted by atomic mass is 10.1. The molecule has 2 aromatic carbocycles. The van der Waals surface area contributed by atoms with E-state index in [0.717, 1.165) is 28.6 Å². The fourth-order valence-electron chi connectivity index (χ4n) is 3.12. The molecule has 148 valence electrons. The largest absolute Gasteiger partial charge is 0.497 e. The molecular weight excluding hydrogens is 364 g/mol. The van der Waals surface area contributed by atoms with E-state index in [0.29, 0.717) is 18.8 Å². The third-order valence-corrected chi connectivity index (χ3v) is 4.70. The van der Waals surface area contributed by atoms with Crippen LogP contribution in [-0.2, 0) is 6.54 Å². The molecule has 3 aromatic rings. The van der Waals surface area contributed by atoms with Gasteiger partial charge in [0.15, 0.2) is 5.82 Å². The Balaban J connectivity index is 1.70. The summed E-state index contributed by atoms with van der Waals surface area (Å²) >= 11 is 0. The Morgan fingerprint density at radius 2 is 1.96 bits per heavy atom. The summed E-state index contributed by atoms with van der Waals surface area (Å²) in [6.07, 6.45) is -0.694. The highest BCUT2D eigenvalue weighted by Crippen LogP contribution is 2.22. The Kier molecular flexibility index (Phi) is 6.06. The van der Waals surface area contributed by atoms with E-state index < -0.39 is 17.7 Å². The van der Waals surface area contributed by atoms with Crippen LogP contribution in [0.5, 0.6) is 5.75 Å². The van der Waals surface area contributed by atoms with Crippen LogP contribution in [0.2, 0.25) is 0 Å². The van der Waals surface area contributed by atoms with Gasteiger partial charge >= 0.3 is 0 Å². The van der Waals surface area contributed by atoms with Crippen LogP contribution in [0.1, 0.15) is 28.6 Å². The van der Waals surface area contributed by atoms with Gasteiger partial charge in [0.25, 0.3) is 0 Å². The molecule has 0 aliphatic heterocycles. The van der Waals surface area contributed by atoms with E-state index in [1.807, 2.05) is 32.0 Å². The lowest BCUT2D eigenvalue weighted by molar-refractivity contribution is 0.174. The fourth-order valence-corrected chi connectivity index (χ4v) is 3.12. The quantitative estimate of drug-likeness (QED) is 0.650. The molecule has 5 nitrogen and oxygen atoms in total. The molecule has 1 aromatic heterocycles. The minimum absolute atomic E-state index is 0.199. The Labute approximate surface area is 162 Å². The molecule has 1 unspecified atom stereocenters. The van der Waals surface area contributed by atoms with Crippen LogP contribution >= 0.6 is 0 Å². The summed E-state index contributed by atoms with van der Waals surface area (Å²) in [6, 6.07) is 10.7. The monoisotopic (exact) mass is 387 g/mol. The molecule has 0 aliphatic carbocycles. The van der Waals surface area contributed by atoms with Crippen molar-refractivity contribution < 1.29 is 18.6 Å². The third kappa shape index (κ3) is 4.21. The van der Waals surface area contributed by atoms with Crippen molar-refractivity contribution in [1.82, 2.24) is 15.1 Å². The van der Waals surface area contributed by atoms with Crippen molar-refractivity contribution in [3.63, 3.8) is 0 Å². The SMILES string of the molecule is COc1cccc(C(O)CNCc2c(C)nn(-c3ccc(F)cc3F)c2C)c1. The Hall–Kier alpha value is -2.77. The predicted octanol–water partition coefficient (Wildman–Crippen LogP) is 3.60. The van der Waals surface area contributed by atoms with Crippen LogP contribution in [0.4, 0.5) is 8.78 Å². The second-order valence-electron chi connectivity index (χ2n) is 6.58. The van der Waals surface area contributed by atoms with Crippen LogP contribution in [0.3, 0.4) is 0 Å². The number of rotatable bonds is 7. The summed E-state index contributed by atoms with van der Waals surface area (Å²) < 4.78 is 33.9. The van der Waals surface area contributed by atoms with Gasteiger partial charge < -0.3 is 15.2 Å². The van der Waals surface area contributed by atoms with Gasteiger partial charge in [-0.25, -0.2) is 13.5 Å². The smallest absolute Gasteiger partial charge is 0.151 e. The van der Waals surface area contributed by atoms with Crippen molar-refractivity contribution in [3.05, 3.63) is 76.6 Å². The summed E-state index contributed by atoms with van der Waals surface area (Å²) in [6.45, 7) is 4.46. The van der Waals surface area contributed by atoms with Gasteiger partial charge in [0, 0.05) is 30.4 Å². The maximum Gasteiger partial charge on any atom is 0.151 e. The zero-order chi connectivity index (χ0) is 20.3. The van der Waals surface area contributed by atoms with Gasteiger partial charge in [0.05, 0.1) is 18.9 Å². The highest BCUT2D eigenvalue weighted by Gasteiger charge is 2.16. The normalized spacial score (nSPS) is 12.2. The number of aliphatic hydroxyl groups is 1. The average Bonchev–Trinajstić information content (AvgIpc) is 2.96. The number of halogens is 2. The molecule has 0 fully saturated rings. The van der Waals surface area contributed by atoms with E-state index in [4.69, 9.17) is 4.74 Å². The van der Waals surface area contributed by atoms with Crippen molar-refractivity contribution in [1.29, 1.82) is 0 Å². The summed E-state index contributed by atoms with van der Waals surface area (Å²) in [5, 5.41) is 18.0. The summed E-state index contributed by atoms with van der Waals surface area (Å²) in [5.74, 6) is -0.611. The summed E-state index contributed by atoms with van der Waals surface area (Å²) in [4.78, 5) is 0. The number of aliphatic hydroxyl groups excluding tert-OH is 1. The van der Waals surface area contributed by atoms with E-state index in [1.165, 1.54) is 16.8 Å². The van der Waals surface area contributed by atoms with Gasteiger partial charge in [-0.2, -0.15) is 5.10 Å². The van der Waals surface area contributed by atoms with Gasteiger partial charge in [-0.3, -0.25) is 0 Å². The molecular formula is C21H23F2N3O2. The van der Waals surface area contributed by atoms with E-state index in [9.17, 15) is 13.9 Å². The molecule has 0 spiro atoms. The number of nitrogens with one attached hydrogen (secondary N) is 1. The Morgan fingerprint density at radius 1 is 1.18 bits per heavy atom. The Bertz CT molecular complexity index is 972. The van der Waals surface area contributed by atoms with Crippen LogP contribution in [0.25, 0.3) is 5.69 Å². The first-order chi connectivity index (χ1) is 13.4. The van der Waals surface area contributed by atoms with Crippen LogP contribution in [-0.4, -0.2) is 28.5 Å². The van der Waals surface area contributed by atoms with Crippen molar-refractivity contribution in [3.8, 4) is 11.4 Å². The lowest BCUT2D eigenvalue weighted by Crippen LogP contribution is -2.21. The molecule has 7 heteroatoms. The van der Waals surface area contributed by atoms with E-state index in [-0.39, 0.29) is 5.69 Å². The van der Waals surface area contributed by atoms with Gasteiger partial charge in [0.1, 0.15) is 17.3 Å². The number of hydrogen-bond acceptors (Lipinski definition) is 4. The predicted molar refractivity (Wildman–Crippen MR) is 103 cm³/mol. The number of benzene rings is 2. The number of methoxy groups -OCH3 is 1. The zero-order valence-electron chi connectivity index (χ0n) is 16.0. The highest BCUT2D eigenvalue weighted by atomic mass is 19.1. The highest BCUT2D eigenvalue weighted by molar-refractivity contribution is 5.38. The van der Waals surface area contributed by atoms with Gasteiger partial charge in [-0.05, 0) is 43.7 Å². The summed E-state index contributed by atoms with van der Waals surface area (Å²) in [5.41, 5.74) is 3.35. The summed E-state index contributed by atoms with van der Waals surface area (Å²) in [7, 11) is 1.58. The fraction of sp³-hybridized carbons (Fsp3) is 0.286. The molecule has 3 rings (SSSR count). The lowest BCUT2D eigenvalue weighted by Gasteiger charge is -2.13. The molecule has 1 heterocycles. The van der Waals surface area contributed by atoms with Gasteiger partial charge in [0.2, 0.25) is 0 Å². The molecule has 0 radical (unpaired) electrons. The second kappa shape index (κ2) is 8.50. The molecule has 0 saturated carbocycles. The molecule has 28 heavy (non-hydrogen) atoms. The minimum atomic E-state index is -0.694. The molecule has 0 saturated heterocycles. The van der Waals surface area contributed by atoms with Crippen molar-refractivity contribution in [2.75, 3.05) is 13.7 Å². The Morgan fingerprint density at radius 3 is 2.68 bits per heavy atom. The molecule has 2 N–H and O–H groups in total. The first kappa shape index (κ1) is 20.0. The van der Waals surface area contributed by atoms with Crippen LogP contribution in [0, 0.1) is 25.5 Å². The van der Waals surface area contributed by atoms with E-state index >= 15 is 0 Å². The average molecular weight is 387 g/mol. The van der Waals surface area contributed by atoms with Crippen molar-refractivity contribution in [2.45, 2.75) is 26.5 Å². The minimum Gasteiger partial charge on any atom is -0.497 e. The number of ether oxygens (including phenoxy) is 1. The second-order valence-corrected chi connectivity index (χ2v) is 6.58. The number of nitrogens with zero attached hydrogens (tertiary/aromatic N) is 2. The zero-order valence-corrected chi connectivity index (χ0v) is 16.0. The number of aromatic nitrogens is 2. The standard InChI is InChI=1S/C21H23F2N3O2/c1-13-18(11-24-12-21(27)15-5-4-6-17(9-15)28-3)14(2)26(25-13)20-8-7-16(22)10-19(20)23/h4-10,21,24,27H,11-12H2,1-3H3. The molecule has 0 aliphatic rings. The van der Waals surface area contributed by atoms with E-state index in [1.54, 1.807) is 13.2 Å². The first-order valence-electron chi connectivity index (χ1n) is 8.94. The van der Waals surface area contributed by atoms with Crippen molar-refractivity contribution in [2.24, 2.45) is 0 Å². The van der Waals surface area contributed by atoms with Gasteiger partial charge in [-0.15, -0.1) is 0 Å². The van der Waals surface area contributed by atoms with E-state index in [2.05, 4.69) is 10.4 Å². The molecule has 0 bridgehead atoms. The maximum atomic E-state index is 14.1. The number of aryl methyl sites for hydroxylation is 1. The topological polar surface area (TPSA) is 59.3 Å². The third-order valence-electron chi connectivity index (χ3n) is 4.70. The van der Waals surface area contributed by atoms with Crippen LogP contribution < -0.4 is 10.1 Å². The maximum absolute atomic E-state index is 14.1. The van der Waals surface area contributed by atoms with Gasteiger partial charge in [-0.1, -0.05) is 12.1 Å². The number of hydrogen-bond donors (Lipinski definition) is 2. The molecule has 1 atom stereocenters.